The first-order valence-corrected chi connectivity index (χ1v) is 21.0. The second-order valence-electron chi connectivity index (χ2n) is 15.6. The molecule has 0 fully saturated rings. The summed E-state index contributed by atoms with van der Waals surface area (Å²) < 4.78 is 13.5. The fraction of sp³-hybridized carbons (Fsp3) is 0. The Morgan fingerprint density at radius 2 is 0.742 bits per heavy atom. The topological polar surface area (TPSA) is 32.8 Å². The third kappa shape index (κ3) is 5.84. The minimum atomic E-state index is 0.836. The van der Waals surface area contributed by atoms with Crippen LogP contribution in [0.4, 0.5) is 34.1 Å². The molecule has 4 heteroatoms. The lowest BCUT2D eigenvalue weighted by Gasteiger charge is -2.31. The van der Waals surface area contributed by atoms with Gasteiger partial charge in [-0.25, -0.2) is 0 Å². The van der Waals surface area contributed by atoms with Crippen LogP contribution in [0.15, 0.2) is 239 Å². The van der Waals surface area contributed by atoms with Crippen LogP contribution in [0.25, 0.3) is 76.9 Å². The zero-order chi connectivity index (χ0) is 41.0. The first-order chi connectivity index (χ1) is 30.8. The molecule has 2 heterocycles. The molecule has 0 bridgehead atoms. The van der Waals surface area contributed by atoms with Crippen LogP contribution in [0.3, 0.4) is 0 Å². The number of anilines is 6. The Labute approximate surface area is 358 Å². The third-order valence-corrected chi connectivity index (χ3v) is 12.0. The van der Waals surface area contributed by atoms with Crippen LogP contribution in [-0.2, 0) is 0 Å². The molecular weight excluding hydrogens is 757 g/mol. The molecule has 0 aliphatic heterocycles. The van der Waals surface area contributed by atoms with Crippen LogP contribution in [-0.4, -0.2) is 0 Å². The van der Waals surface area contributed by atoms with E-state index in [0.717, 1.165) is 111 Å². The molecule has 0 radical (unpaired) electrons. The van der Waals surface area contributed by atoms with Crippen molar-refractivity contribution in [2.45, 2.75) is 0 Å². The first-order valence-electron chi connectivity index (χ1n) is 21.0. The van der Waals surface area contributed by atoms with Crippen LogP contribution >= 0.6 is 0 Å². The van der Waals surface area contributed by atoms with E-state index in [-0.39, 0.29) is 0 Å². The highest BCUT2D eigenvalue weighted by Gasteiger charge is 2.27. The van der Waals surface area contributed by atoms with Gasteiger partial charge in [0.25, 0.3) is 0 Å². The minimum absolute atomic E-state index is 0.836. The van der Waals surface area contributed by atoms with E-state index in [4.69, 9.17) is 8.83 Å². The van der Waals surface area contributed by atoms with Crippen molar-refractivity contribution in [1.29, 1.82) is 0 Å². The molecule has 12 rings (SSSR count). The van der Waals surface area contributed by atoms with Crippen LogP contribution in [0, 0.1) is 0 Å². The summed E-state index contributed by atoms with van der Waals surface area (Å²) in [5, 5.41) is 6.58. The summed E-state index contributed by atoms with van der Waals surface area (Å²) in [6, 6.07) is 81.6. The van der Waals surface area contributed by atoms with Gasteiger partial charge in [0.05, 0.1) is 22.7 Å². The van der Waals surface area contributed by atoms with Gasteiger partial charge in [-0.3, -0.25) is 0 Å². The van der Waals surface area contributed by atoms with Crippen molar-refractivity contribution in [1.82, 2.24) is 0 Å². The van der Waals surface area contributed by atoms with Gasteiger partial charge in [-0.2, -0.15) is 0 Å². The zero-order valence-corrected chi connectivity index (χ0v) is 33.7. The number of nitrogens with zero attached hydrogens (tertiary/aromatic N) is 2. The van der Waals surface area contributed by atoms with Crippen molar-refractivity contribution in [2.24, 2.45) is 0 Å². The number of rotatable bonds is 8. The smallest absolute Gasteiger partial charge is 0.159 e. The highest BCUT2D eigenvalue weighted by atomic mass is 16.3. The molecule has 10 aromatic carbocycles. The normalized spacial score (nSPS) is 11.5. The molecule has 0 unspecified atom stereocenters. The lowest BCUT2D eigenvalue weighted by Crippen LogP contribution is -2.13. The quantitative estimate of drug-likeness (QED) is 0.153. The minimum Gasteiger partial charge on any atom is -0.454 e. The second-order valence-corrected chi connectivity index (χ2v) is 15.6. The van der Waals surface area contributed by atoms with Crippen molar-refractivity contribution in [2.75, 3.05) is 9.80 Å². The van der Waals surface area contributed by atoms with E-state index in [1.165, 1.54) is 0 Å². The van der Waals surface area contributed by atoms with E-state index >= 15 is 0 Å². The molecule has 0 atom stereocenters. The lowest BCUT2D eigenvalue weighted by atomic mass is 9.91. The van der Waals surface area contributed by atoms with Crippen molar-refractivity contribution in [3.8, 4) is 22.3 Å². The summed E-state index contributed by atoms with van der Waals surface area (Å²) in [5.74, 6) is 0. The molecule has 0 amide bonds. The van der Waals surface area contributed by atoms with Crippen LogP contribution < -0.4 is 9.80 Å². The van der Waals surface area contributed by atoms with Crippen LogP contribution in [0.1, 0.15) is 0 Å². The molecule has 0 aliphatic carbocycles. The van der Waals surface area contributed by atoms with Gasteiger partial charge in [0.15, 0.2) is 11.2 Å². The van der Waals surface area contributed by atoms with E-state index < -0.39 is 0 Å². The first kappa shape index (κ1) is 35.6. The maximum atomic E-state index is 6.78. The SMILES string of the molecule is c1ccc(-c2cc3ccc(N(c4ccccc4)c4cccc5c4oc4ccccc45)c(-c4ccccc4)c3cc2N(c2ccccc2)c2cccc3c2oc2ccccc23)cc1. The molecule has 292 valence electrons. The largest absolute Gasteiger partial charge is 0.454 e. The van der Waals surface area contributed by atoms with E-state index in [0.29, 0.717) is 0 Å². The van der Waals surface area contributed by atoms with Crippen molar-refractivity contribution >= 4 is 88.8 Å². The number of fused-ring (bicyclic) bond motifs is 7. The monoisotopic (exact) mass is 794 g/mol. The molecule has 0 spiro atoms. The summed E-state index contributed by atoms with van der Waals surface area (Å²) >= 11 is 0. The molecule has 0 saturated carbocycles. The van der Waals surface area contributed by atoms with Crippen molar-refractivity contribution < 1.29 is 8.83 Å². The van der Waals surface area contributed by atoms with Gasteiger partial charge in [0.1, 0.15) is 11.2 Å². The lowest BCUT2D eigenvalue weighted by molar-refractivity contribution is 0.669. The number of benzene rings is 10. The Kier molecular flexibility index (Phi) is 8.46. The van der Waals surface area contributed by atoms with E-state index in [1.54, 1.807) is 0 Å². The number of hydrogen-bond donors (Lipinski definition) is 0. The van der Waals surface area contributed by atoms with Crippen LogP contribution in [0.2, 0.25) is 0 Å². The summed E-state index contributed by atoms with van der Waals surface area (Å²) in [6.07, 6.45) is 0. The fourth-order valence-electron chi connectivity index (χ4n) is 9.26. The molecule has 0 N–H and O–H groups in total. The van der Waals surface area contributed by atoms with Gasteiger partial charge < -0.3 is 18.6 Å². The maximum Gasteiger partial charge on any atom is 0.159 e. The van der Waals surface area contributed by atoms with Gasteiger partial charge in [0.2, 0.25) is 0 Å². The molecule has 12 aromatic rings. The fourth-order valence-corrected chi connectivity index (χ4v) is 9.26. The number of para-hydroxylation sites is 6. The predicted molar refractivity (Wildman–Crippen MR) is 259 cm³/mol. The molecule has 62 heavy (non-hydrogen) atoms. The third-order valence-electron chi connectivity index (χ3n) is 12.0. The Bertz CT molecular complexity index is 3580. The highest BCUT2D eigenvalue weighted by molar-refractivity contribution is 6.15. The zero-order valence-electron chi connectivity index (χ0n) is 33.7. The number of hydrogen-bond acceptors (Lipinski definition) is 4. The van der Waals surface area contributed by atoms with E-state index in [2.05, 4.69) is 222 Å². The van der Waals surface area contributed by atoms with Gasteiger partial charge in [-0.1, -0.05) is 164 Å². The summed E-state index contributed by atoms with van der Waals surface area (Å²) in [7, 11) is 0. The van der Waals surface area contributed by atoms with Crippen molar-refractivity contribution in [3.05, 3.63) is 231 Å². The van der Waals surface area contributed by atoms with Gasteiger partial charge in [-0.15, -0.1) is 0 Å². The Morgan fingerprint density at radius 1 is 0.290 bits per heavy atom. The maximum absolute atomic E-state index is 6.78. The average Bonchev–Trinajstić information content (AvgIpc) is 3.92. The van der Waals surface area contributed by atoms with Gasteiger partial charge >= 0.3 is 0 Å². The van der Waals surface area contributed by atoms with E-state index in [1.807, 2.05) is 18.2 Å². The molecular formula is C58H38N2O2. The summed E-state index contributed by atoms with van der Waals surface area (Å²) in [6.45, 7) is 0. The molecule has 4 nitrogen and oxygen atoms in total. The predicted octanol–water partition coefficient (Wildman–Crippen LogP) is 16.9. The molecule has 0 aliphatic rings. The van der Waals surface area contributed by atoms with Crippen LogP contribution in [0.5, 0.6) is 0 Å². The Morgan fingerprint density at radius 3 is 1.29 bits per heavy atom. The van der Waals surface area contributed by atoms with Gasteiger partial charge in [-0.05, 0) is 88.6 Å². The van der Waals surface area contributed by atoms with Gasteiger partial charge in [0, 0.05) is 44.0 Å². The average molecular weight is 795 g/mol. The van der Waals surface area contributed by atoms with Crippen molar-refractivity contribution in [3.63, 3.8) is 0 Å². The van der Waals surface area contributed by atoms with E-state index in [9.17, 15) is 0 Å². The Hall–Kier alpha value is -8.34. The highest BCUT2D eigenvalue weighted by Crippen LogP contribution is 2.51. The summed E-state index contributed by atoms with van der Waals surface area (Å²) in [4.78, 5) is 4.74. The molecule has 0 saturated heterocycles. The number of furan rings is 2. The second kappa shape index (κ2) is 14.7. The summed E-state index contributed by atoms with van der Waals surface area (Å²) in [5.41, 5.74) is 13.9. The standard InChI is InChI=1S/C58H38N2O2/c1-5-19-39(20-6-1)48-37-41-35-36-50(59(42-23-9-3-10-24-42)51-31-17-29-46-44-27-13-15-33-54(44)61-57(46)51)56(40-21-7-2-8-22-40)49(41)38-53(48)60(43-25-11-4-12-26-43)52-32-18-30-47-45-28-14-16-34-55(45)62-58(47)52/h1-38H. The molecule has 2 aromatic heterocycles. The Balaban J connectivity index is 1.20.